The number of rotatable bonds is 4. The minimum Gasteiger partial charge on any atom is -0.266 e. The number of benzene rings is 2. The monoisotopic (exact) mass is 390 g/mol. The van der Waals surface area contributed by atoms with E-state index in [4.69, 9.17) is 0 Å². The molecule has 0 bridgehead atoms. The average molecular weight is 390 g/mol. The van der Waals surface area contributed by atoms with Crippen LogP contribution in [0.5, 0.6) is 0 Å². The molecule has 0 aliphatic heterocycles. The molecule has 0 radical (unpaired) electrons. The van der Waals surface area contributed by atoms with E-state index in [2.05, 4.69) is 10.1 Å². The van der Waals surface area contributed by atoms with Crippen molar-refractivity contribution < 1.29 is 4.92 Å². The number of nitrogens with zero attached hydrogens (tertiary/aromatic N) is 4. The molecule has 28 heavy (non-hydrogen) atoms. The number of nitro benzene ring substituents is 1. The maximum Gasteiger partial charge on any atom is 0.291 e. The third-order valence-corrected chi connectivity index (χ3v) is 5.04. The molecule has 0 saturated carbocycles. The van der Waals surface area contributed by atoms with Crippen molar-refractivity contribution in [1.82, 2.24) is 14.6 Å². The van der Waals surface area contributed by atoms with Gasteiger partial charge in [0, 0.05) is 12.1 Å². The molecule has 0 atom stereocenters. The molecule has 138 valence electrons. The molecule has 7 nitrogen and oxygen atoms in total. The summed E-state index contributed by atoms with van der Waals surface area (Å²) in [6, 6.07) is 14.1. The number of non-ortho nitro benzene ring substituents is 1. The molecule has 0 fully saturated rings. The zero-order valence-corrected chi connectivity index (χ0v) is 15.6. The summed E-state index contributed by atoms with van der Waals surface area (Å²) in [7, 11) is 0. The van der Waals surface area contributed by atoms with Crippen LogP contribution < -0.4 is 10.1 Å². The molecule has 2 aromatic heterocycles. The van der Waals surface area contributed by atoms with Gasteiger partial charge in [0.05, 0.1) is 9.46 Å². The summed E-state index contributed by atoms with van der Waals surface area (Å²) < 4.78 is 1.67. The Hall–Kier alpha value is -3.65. The third-order valence-electron chi connectivity index (χ3n) is 4.08. The van der Waals surface area contributed by atoms with Crippen molar-refractivity contribution in [2.24, 2.45) is 0 Å². The highest BCUT2D eigenvalue weighted by Crippen LogP contribution is 2.14. The predicted molar refractivity (Wildman–Crippen MR) is 109 cm³/mol. The van der Waals surface area contributed by atoms with Gasteiger partial charge in [0.15, 0.2) is 5.82 Å². The van der Waals surface area contributed by atoms with Crippen molar-refractivity contribution in [3.63, 3.8) is 0 Å². The van der Waals surface area contributed by atoms with Gasteiger partial charge in [0.1, 0.15) is 0 Å². The summed E-state index contributed by atoms with van der Waals surface area (Å²) in [6.45, 7) is 2.02. The van der Waals surface area contributed by atoms with E-state index in [1.807, 2.05) is 37.3 Å². The fourth-order valence-electron chi connectivity index (χ4n) is 2.65. The number of aryl methyl sites for hydroxylation is 1. The highest BCUT2D eigenvalue weighted by Gasteiger charge is 2.10. The van der Waals surface area contributed by atoms with Crippen LogP contribution in [-0.2, 0) is 0 Å². The van der Waals surface area contributed by atoms with Gasteiger partial charge in [-0.25, -0.2) is 0 Å². The molecule has 0 amide bonds. The number of fused-ring (bicyclic) bond motifs is 1. The van der Waals surface area contributed by atoms with E-state index >= 15 is 0 Å². The zero-order chi connectivity index (χ0) is 19.7. The van der Waals surface area contributed by atoms with Gasteiger partial charge >= 0.3 is 0 Å². The summed E-state index contributed by atoms with van der Waals surface area (Å²) in [5, 5.41) is 15.1. The number of aromatic nitrogens is 3. The van der Waals surface area contributed by atoms with Crippen LogP contribution in [0.15, 0.2) is 53.3 Å². The maximum absolute atomic E-state index is 12.6. The molecular formula is C20H14N4O3S. The first-order chi connectivity index (χ1) is 13.5. The second-order valence-corrected chi connectivity index (χ2v) is 7.19. The Morgan fingerprint density at radius 3 is 2.61 bits per heavy atom. The summed E-state index contributed by atoms with van der Waals surface area (Å²) in [5.41, 5.74) is 2.46. The van der Waals surface area contributed by atoms with E-state index in [1.54, 1.807) is 24.3 Å². The van der Waals surface area contributed by atoms with Crippen LogP contribution in [0.4, 0.5) is 5.69 Å². The summed E-state index contributed by atoms with van der Waals surface area (Å²) >= 11 is 1.19. The van der Waals surface area contributed by atoms with E-state index in [1.165, 1.54) is 33.5 Å². The van der Waals surface area contributed by atoms with Crippen molar-refractivity contribution in [1.29, 1.82) is 0 Å². The molecule has 0 unspecified atom stereocenters. The van der Waals surface area contributed by atoms with Gasteiger partial charge in [-0.3, -0.25) is 14.9 Å². The van der Waals surface area contributed by atoms with E-state index in [-0.39, 0.29) is 11.2 Å². The number of hydrogen-bond acceptors (Lipinski definition) is 6. The Bertz CT molecular complexity index is 1320. The first kappa shape index (κ1) is 17.7. The first-order valence-electron chi connectivity index (χ1n) is 8.40. The Labute approximate surface area is 163 Å². The molecule has 2 aromatic carbocycles. The molecule has 8 heteroatoms. The molecule has 0 spiro atoms. The van der Waals surface area contributed by atoms with E-state index in [0.717, 1.165) is 5.56 Å². The molecular weight excluding hydrogens is 376 g/mol. The van der Waals surface area contributed by atoms with Crippen molar-refractivity contribution in [2.75, 3.05) is 0 Å². The van der Waals surface area contributed by atoms with Crippen LogP contribution in [0.25, 0.3) is 23.2 Å². The van der Waals surface area contributed by atoms with E-state index < -0.39 is 4.92 Å². The van der Waals surface area contributed by atoms with Gasteiger partial charge in [-0.1, -0.05) is 59.4 Å². The van der Waals surface area contributed by atoms with Gasteiger partial charge < -0.3 is 0 Å². The van der Waals surface area contributed by atoms with Crippen LogP contribution in [0.1, 0.15) is 22.5 Å². The van der Waals surface area contributed by atoms with Gasteiger partial charge in [-0.2, -0.15) is 9.50 Å². The lowest BCUT2D eigenvalue weighted by Gasteiger charge is -1.93. The fraction of sp³-hybridized carbons (Fsp3) is 0.0500. The van der Waals surface area contributed by atoms with Gasteiger partial charge in [-0.15, -0.1) is 5.10 Å². The lowest BCUT2D eigenvalue weighted by Crippen LogP contribution is -2.23. The highest BCUT2D eigenvalue weighted by molar-refractivity contribution is 7.15. The SMILES string of the molecule is Cc1ccc(/C=C/c2nc3s/c(=C\c4cccc([N+](=O)[O-])c4)c(=O)n3n2)cc1. The van der Waals surface area contributed by atoms with Crippen LogP contribution in [0, 0.1) is 17.0 Å². The second kappa shape index (κ2) is 7.16. The smallest absolute Gasteiger partial charge is 0.266 e. The lowest BCUT2D eigenvalue weighted by molar-refractivity contribution is -0.384. The molecule has 4 rings (SSSR count). The number of nitro groups is 1. The fourth-order valence-corrected chi connectivity index (χ4v) is 3.56. The minimum absolute atomic E-state index is 0.0239. The Balaban J connectivity index is 1.66. The predicted octanol–water partition coefficient (Wildman–Crippen LogP) is 3.09. The third kappa shape index (κ3) is 3.58. The zero-order valence-electron chi connectivity index (χ0n) is 14.8. The summed E-state index contributed by atoms with van der Waals surface area (Å²) in [5.74, 6) is 0.450. The molecule has 2 heterocycles. The Kier molecular flexibility index (Phi) is 4.54. The standard InChI is InChI=1S/C20H14N4O3S/c1-13-5-7-14(8-6-13)9-10-18-21-20-23(22-18)19(25)17(28-20)12-15-3-2-4-16(11-15)24(26)27/h2-12H,1H3/b10-9+,17-12-. The summed E-state index contributed by atoms with van der Waals surface area (Å²) in [6.07, 6.45) is 5.26. The average Bonchev–Trinajstić information content (AvgIpc) is 3.21. The van der Waals surface area contributed by atoms with E-state index in [9.17, 15) is 14.9 Å². The number of hydrogen-bond donors (Lipinski definition) is 0. The second-order valence-electron chi connectivity index (χ2n) is 6.18. The van der Waals surface area contributed by atoms with Crippen LogP contribution in [0.2, 0.25) is 0 Å². The van der Waals surface area contributed by atoms with Crippen LogP contribution in [0.3, 0.4) is 0 Å². The van der Waals surface area contributed by atoms with Crippen molar-refractivity contribution in [3.05, 3.63) is 96.0 Å². The maximum atomic E-state index is 12.6. The minimum atomic E-state index is -0.467. The van der Waals surface area contributed by atoms with Gasteiger partial charge in [0.25, 0.3) is 11.2 Å². The van der Waals surface area contributed by atoms with Crippen molar-refractivity contribution in [2.45, 2.75) is 6.92 Å². The molecule has 4 aromatic rings. The summed E-state index contributed by atoms with van der Waals surface area (Å²) in [4.78, 5) is 27.8. The first-order valence-corrected chi connectivity index (χ1v) is 9.22. The normalized spacial score (nSPS) is 12.2. The van der Waals surface area contributed by atoms with Crippen molar-refractivity contribution in [3.8, 4) is 0 Å². The molecule has 0 N–H and O–H groups in total. The molecule has 0 aliphatic rings. The lowest BCUT2D eigenvalue weighted by atomic mass is 10.1. The topological polar surface area (TPSA) is 90.4 Å². The van der Waals surface area contributed by atoms with Crippen LogP contribution in [-0.4, -0.2) is 19.5 Å². The van der Waals surface area contributed by atoms with Crippen LogP contribution >= 0.6 is 11.3 Å². The quantitative estimate of drug-likeness (QED) is 0.394. The van der Waals surface area contributed by atoms with Gasteiger partial charge in [0.2, 0.25) is 4.96 Å². The largest absolute Gasteiger partial charge is 0.291 e. The highest BCUT2D eigenvalue weighted by atomic mass is 32.1. The Morgan fingerprint density at radius 1 is 1.11 bits per heavy atom. The molecule has 0 saturated heterocycles. The number of thiazole rings is 1. The van der Waals surface area contributed by atoms with Gasteiger partial charge in [-0.05, 0) is 30.2 Å². The van der Waals surface area contributed by atoms with E-state index in [0.29, 0.717) is 20.9 Å². The van der Waals surface area contributed by atoms with Crippen molar-refractivity contribution >= 4 is 40.2 Å². The Morgan fingerprint density at radius 2 is 1.89 bits per heavy atom. The molecule has 0 aliphatic carbocycles.